The summed E-state index contributed by atoms with van der Waals surface area (Å²) in [6.45, 7) is 4.12. The summed E-state index contributed by atoms with van der Waals surface area (Å²) < 4.78 is 17.0. The van der Waals surface area contributed by atoms with Gasteiger partial charge in [0.05, 0.1) is 26.4 Å². The van der Waals surface area contributed by atoms with E-state index in [0.717, 1.165) is 16.0 Å². The first-order chi connectivity index (χ1) is 17.0. The number of ether oxygens (including phenoxy) is 3. The van der Waals surface area contributed by atoms with E-state index in [1.165, 1.54) is 0 Å². The van der Waals surface area contributed by atoms with E-state index in [-0.39, 0.29) is 19.8 Å². The van der Waals surface area contributed by atoms with Crippen LogP contribution in [0.1, 0.15) is 38.3 Å². The number of aliphatic carboxylic acids is 2. The first-order valence-electron chi connectivity index (χ1n) is 11.7. The zero-order valence-electron chi connectivity index (χ0n) is 20.8. The molecule has 2 unspecified atom stereocenters. The molecule has 1 saturated heterocycles. The van der Waals surface area contributed by atoms with Crippen molar-refractivity contribution in [2.45, 2.75) is 51.5 Å². The number of amides is 1. The standard InChI is InChI=1S/C27H33NO8/c1-25(2,3)36-24(33)28-17-26(22(29)30,18-34-14-20-10-6-4-7-11-20)16-27(28,23(31)32)19-35-15-21-12-8-5-9-13-21/h4-13H,14-19H2,1-3H3,(H,29,30)(H,31,32). The summed E-state index contributed by atoms with van der Waals surface area (Å²) >= 11 is 0. The molecule has 1 aliphatic heterocycles. The summed E-state index contributed by atoms with van der Waals surface area (Å²) in [7, 11) is 0. The average Bonchev–Trinajstić information content (AvgIpc) is 3.17. The lowest BCUT2D eigenvalue weighted by atomic mass is 9.81. The van der Waals surface area contributed by atoms with Crippen LogP contribution in [-0.2, 0) is 37.0 Å². The van der Waals surface area contributed by atoms with E-state index in [9.17, 15) is 24.6 Å². The second kappa shape index (κ2) is 11.1. The van der Waals surface area contributed by atoms with Gasteiger partial charge in [-0.1, -0.05) is 60.7 Å². The van der Waals surface area contributed by atoms with Gasteiger partial charge in [-0.3, -0.25) is 9.69 Å². The minimum absolute atomic E-state index is 0.0998. The van der Waals surface area contributed by atoms with Gasteiger partial charge in [0, 0.05) is 13.0 Å². The van der Waals surface area contributed by atoms with Crippen LogP contribution in [0, 0.1) is 5.41 Å². The third-order valence-electron chi connectivity index (χ3n) is 6.02. The summed E-state index contributed by atoms with van der Waals surface area (Å²) in [5.74, 6) is -2.62. The molecule has 1 amide bonds. The molecule has 0 bridgehead atoms. The molecule has 1 heterocycles. The Hall–Kier alpha value is -3.43. The van der Waals surface area contributed by atoms with Gasteiger partial charge in [0.1, 0.15) is 11.0 Å². The Bertz CT molecular complexity index is 1050. The molecule has 1 aliphatic rings. The third kappa shape index (κ3) is 6.41. The molecule has 2 aromatic carbocycles. The molecular weight excluding hydrogens is 466 g/mol. The van der Waals surface area contributed by atoms with Crippen LogP contribution in [0.4, 0.5) is 4.79 Å². The highest BCUT2D eigenvalue weighted by Gasteiger charge is 2.64. The fourth-order valence-corrected chi connectivity index (χ4v) is 4.26. The minimum Gasteiger partial charge on any atom is -0.481 e. The number of benzene rings is 2. The predicted molar refractivity (Wildman–Crippen MR) is 130 cm³/mol. The maximum absolute atomic E-state index is 13.2. The molecule has 0 aliphatic carbocycles. The number of hydrogen-bond donors (Lipinski definition) is 2. The lowest BCUT2D eigenvalue weighted by molar-refractivity contribution is -0.155. The second-order valence-corrected chi connectivity index (χ2v) is 10.1. The number of rotatable bonds is 10. The van der Waals surface area contributed by atoms with E-state index in [0.29, 0.717) is 0 Å². The summed E-state index contributed by atoms with van der Waals surface area (Å²) in [6.07, 6.45) is -1.31. The molecule has 2 N–H and O–H groups in total. The quantitative estimate of drug-likeness (QED) is 0.504. The molecule has 0 spiro atoms. The van der Waals surface area contributed by atoms with E-state index in [1.54, 1.807) is 20.8 Å². The summed E-state index contributed by atoms with van der Waals surface area (Å²) in [6, 6.07) is 18.4. The molecule has 0 aromatic heterocycles. The molecule has 9 heteroatoms. The number of carbonyl (C=O) groups excluding carboxylic acids is 1. The Kier molecular flexibility index (Phi) is 8.37. The first kappa shape index (κ1) is 27.2. The van der Waals surface area contributed by atoms with Crippen LogP contribution >= 0.6 is 0 Å². The summed E-state index contributed by atoms with van der Waals surface area (Å²) in [5.41, 5.74) is -2.87. The lowest BCUT2D eigenvalue weighted by Crippen LogP contribution is -2.57. The van der Waals surface area contributed by atoms with Crippen LogP contribution in [0.3, 0.4) is 0 Å². The average molecular weight is 500 g/mol. The maximum atomic E-state index is 13.2. The van der Waals surface area contributed by atoms with Crippen LogP contribution in [0.25, 0.3) is 0 Å². The number of nitrogens with zero attached hydrogens (tertiary/aromatic N) is 1. The smallest absolute Gasteiger partial charge is 0.411 e. The van der Waals surface area contributed by atoms with Gasteiger partial charge in [0.2, 0.25) is 0 Å². The highest BCUT2D eigenvalue weighted by molar-refractivity contribution is 5.89. The predicted octanol–water partition coefficient (Wildman–Crippen LogP) is 3.96. The third-order valence-corrected chi connectivity index (χ3v) is 6.02. The number of carboxylic acids is 2. The normalized spacial score (nSPS) is 21.8. The van der Waals surface area contributed by atoms with E-state index < -0.39 is 54.2 Å². The van der Waals surface area contributed by atoms with Crippen LogP contribution in [0.5, 0.6) is 0 Å². The number of likely N-dealkylation sites (tertiary alicyclic amines) is 1. The van der Waals surface area contributed by atoms with E-state index in [2.05, 4.69) is 0 Å². The van der Waals surface area contributed by atoms with Gasteiger partial charge < -0.3 is 24.4 Å². The number of carboxylic acid groups (broad SMARTS) is 2. The zero-order chi connectivity index (χ0) is 26.4. The van der Waals surface area contributed by atoms with Crippen LogP contribution in [0.2, 0.25) is 0 Å². The molecule has 2 atom stereocenters. The topological polar surface area (TPSA) is 123 Å². The van der Waals surface area contributed by atoms with Gasteiger partial charge in [-0.25, -0.2) is 9.59 Å². The Labute approximate surface area is 210 Å². The molecule has 0 saturated carbocycles. The molecule has 3 rings (SSSR count). The second-order valence-electron chi connectivity index (χ2n) is 10.1. The Morgan fingerprint density at radius 3 is 1.78 bits per heavy atom. The molecule has 0 radical (unpaired) electrons. The van der Waals surface area contributed by atoms with Gasteiger partial charge in [0.15, 0.2) is 5.54 Å². The van der Waals surface area contributed by atoms with Gasteiger partial charge >= 0.3 is 18.0 Å². The van der Waals surface area contributed by atoms with Gasteiger partial charge in [0.25, 0.3) is 0 Å². The number of hydrogen-bond acceptors (Lipinski definition) is 6. The van der Waals surface area contributed by atoms with Crippen molar-refractivity contribution in [3.8, 4) is 0 Å². The molecule has 36 heavy (non-hydrogen) atoms. The molecular formula is C27H33NO8. The van der Waals surface area contributed by atoms with Crippen molar-refractivity contribution < 1.29 is 38.8 Å². The van der Waals surface area contributed by atoms with Crippen molar-refractivity contribution in [3.63, 3.8) is 0 Å². The van der Waals surface area contributed by atoms with Gasteiger partial charge in [-0.05, 0) is 31.9 Å². The SMILES string of the molecule is CC(C)(C)OC(=O)N1CC(COCc2ccccc2)(C(=O)O)CC1(COCc1ccccc1)C(=O)O. The van der Waals surface area contributed by atoms with E-state index in [1.807, 2.05) is 60.7 Å². The summed E-state index contributed by atoms with van der Waals surface area (Å²) in [4.78, 5) is 39.4. The molecule has 9 nitrogen and oxygen atoms in total. The van der Waals surface area contributed by atoms with Gasteiger partial charge in [-0.2, -0.15) is 0 Å². The van der Waals surface area contributed by atoms with E-state index in [4.69, 9.17) is 14.2 Å². The van der Waals surface area contributed by atoms with Gasteiger partial charge in [-0.15, -0.1) is 0 Å². The maximum Gasteiger partial charge on any atom is 0.411 e. The molecule has 1 fully saturated rings. The summed E-state index contributed by atoms with van der Waals surface area (Å²) in [5, 5.41) is 20.6. The van der Waals surface area contributed by atoms with Crippen molar-refractivity contribution in [1.82, 2.24) is 4.90 Å². The first-order valence-corrected chi connectivity index (χ1v) is 11.7. The van der Waals surface area contributed by atoms with Crippen molar-refractivity contribution in [1.29, 1.82) is 0 Å². The fraction of sp³-hybridized carbons (Fsp3) is 0.444. The van der Waals surface area contributed by atoms with Crippen molar-refractivity contribution in [3.05, 3.63) is 71.8 Å². The van der Waals surface area contributed by atoms with Crippen LogP contribution < -0.4 is 0 Å². The highest BCUT2D eigenvalue weighted by atomic mass is 16.6. The van der Waals surface area contributed by atoms with Crippen molar-refractivity contribution >= 4 is 18.0 Å². The Balaban J connectivity index is 1.88. The van der Waals surface area contributed by atoms with E-state index >= 15 is 0 Å². The monoisotopic (exact) mass is 499 g/mol. The largest absolute Gasteiger partial charge is 0.481 e. The molecule has 194 valence electrons. The molecule has 2 aromatic rings. The number of carbonyl (C=O) groups is 3. The highest BCUT2D eigenvalue weighted by Crippen LogP contribution is 2.44. The van der Waals surface area contributed by atoms with Crippen LogP contribution in [0.15, 0.2) is 60.7 Å². The Morgan fingerprint density at radius 1 is 0.833 bits per heavy atom. The minimum atomic E-state index is -1.95. The Morgan fingerprint density at radius 2 is 1.33 bits per heavy atom. The lowest BCUT2D eigenvalue weighted by Gasteiger charge is -2.35. The van der Waals surface area contributed by atoms with Crippen molar-refractivity contribution in [2.75, 3.05) is 19.8 Å². The fourth-order valence-electron chi connectivity index (χ4n) is 4.26. The van der Waals surface area contributed by atoms with Crippen molar-refractivity contribution in [2.24, 2.45) is 5.41 Å². The zero-order valence-corrected chi connectivity index (χ0v) is 20.8. The van der Waals surface area contributed by atoms with Crippen LogP contribution in [-0.4, -0.2) is 64.0 Å².